The third-order valence-corrected chi connectivity index (χ3v) is 14.6. The summed E-state index contributed by atoms with van der Waals surface area (Å²) in [6.45, 7) is 4.25. The van der Waals surface area contributed by atoms with Crippen molar-refractivity contribution < 1.29 is 20.1 Å². The summed E-state index contributed by atoms with van der Waals surface area (Å²) < 4.78 is 0. The van der Waals surface area contributed by atoms with Crippen LogP contribution in [0.2, 0.25) is 0 Å². The van der Waals surface area contributed by atoms with Crippen molar-refractivity contribution in [3.8, 4) is 0 Å². The van der Waals surface area contributed by atoms with E-state index in [9.17, 15) is 20.1 Å². The number of aliphatic hydroxyl groups is 3. The van der Waals surface area contributed by atoms with Crippen LogP contribution in [0.3, 0.4) is 0 Å². The number of unbranched alkanes of at least 4 members (excludes halogenated alkanes) is 48. The molecule has 0 aliphatic carbocycles. The summed E-state index contributed by atoms with van der Waals surface area (Å²) in [6.07, 6.45) is 71.5. The van der Waals surface area contributed by atoms with Crippen LogP contribution in [0, 0.1) is 0 Å². The zero-order chi connectivity index (χ0) is 47.9. The first-order valence-electron chi connectivity index (χ1n) is 30.5. The third kappa shape index (κ3) is 52.5. The first kappa shape index (κ1) is 65.1. The number of nitrogens with one attached hydrogen (secondary N) is 1. The molecule has 0 bridgehead atoms. The van der Waals surface area contributed by atoms with Gasteiger partial charge in [-0.05, 0) is 19.3 Å². The van der Waals surface area contributed by atoms with Gasteiger partial charge < -0.3 is 20.6 Å². The van der Waals surface area contributed by atoms with Gasteiger partial charge >= 0.3 is 0 Å². The quantitative estimate of drug-likeness (QED) is 0.0361. The summed E-state index contributed by atoms with van der Waals surface area (Å²) in [5, 5.41) is 33.5. The number of hydrogen-bond acceptors (Lipinski definition) is 4. The standard InChI is InChI=1S/C61H121NO4/c1-3-5-7-9-11-13-15-17-19-21-22-23-24-25-26-27-28-29-30-31-32-33-34-35-36-37-38-39-40-42-44-46-48-50-52-54-58(64)56-61(66)62-59(57-63)60(65)55-53-51-49-47-45-43-41-20-18-16-14-12-10-8-6-4-2/h53,55,58-60,63-65H,3-52,54,56-57H2,1-2H3,(H,62,66)/b55-53+. The van der Waals surface area contributed by atoms with E-state index in [1.54, 1.807) is 6.08 Å². The monoisotopic (exact) mass is 932 g/mol. The third-order valence-electron chi connectivity index (χ3n) is 14.6. The normalized spacial score (nSPS) is 13.2. The number of aliphatic hydroxyl groups excluding tert-OH is 3. The Morgan fingerprint density at radius 1 is 0.379 bits per heavy atom. The molecule has 0 aliphatic heterocycles. The van der Waals surface area contributed by atoms with Crippen LogP contribution < -0.4 is 5.32 Å². The van der Waals surface area contributed by atoms with Gasteiger partial charge in [-0.25, -0.2) is 0 Å². The first-order chi connectivity index (χ1) is 32.5. The van der Waals surface area contributed by atoms with Crippen LogP contribution >= 0.6 is 0 Å². The lowest BCUT2D eigenvalue weighted by Gasteiger charge is -2.21. The van der Waals surface area contributed by atoms with E-state index in [1.165, 1.54) is 295 Å². The van der Waals surface area contributed by atoms with Crippen LogP contribution in [-0.2, 0) is 4.79 Å². The van der Waals surface area contributed by atoms with Crippen molar-refractivity contribution in [3.05, 3.63) is 12.2 Å². The van der Waals surface area contributed by atoms with E-state index < -0.39 is 18.2 Å². The minimum Gasteiger partial charge on any atom is -0.394 e. The van der Waals surface area contributed by atoms with E-state index in [4.69, 9.17) is 0 Å². The second-order valence-corrected chi connectivity index (χ2v) is 21.3. The van der Waals surface area contributed by atoms with Crippen LogP contribution in [0.5, 0.6) is 0 Å². The van der Waals surface area contributed by atoms with E-state index in [1.807, 2.05) is 6.08 Å². The van der Waals surface area contributed by atoms with Gasteiger partial charge in [-0.2, -0.15) is 0 Å². The Morgan fingerprint density at radius 3 is 0.879 bits per heavy atom. The van der Waals surface area contributed by atoms with Gasteiger partial charge in [-0.3, -0.25) is 4.79 Å². The molecule has 3 atom stereocenters. The zero-order valence-corrected chi connectivity index (χ0v) is 45.1. The Morgan fingerprint density at radius 2 is 0.621 bits per heavy atom. The Labute approximate surface area is 414 Å². The fourth-order valence-electron chi connectivity index (χ4n) is 9.93. The number of allylic oxidation sites excluding steroid dienone is 1. The summed E-state index contributed by atoms with van der Waals surface area (Å²) in [4.78, 5) is 12.5. The summed E-state index contributed by atoms with van der Waals surface area (Å²) in [6, 6.07) is -0.741. The molecule has 0 rings (SSSR count). The van der Waals surface area contributed by atoms with Gasteiger partial charge in [0.1, 0.15) is 0 Å². The lowest BCUT2D eigenvalue weighted by molar-refractivity contribution is -0.124. The molecule has 0 heterocycles. The smallest absolute Gasteiger partial charge is 0.222 e. The number of carbonyl (C=O) groups is 1. The fraction of sp³-hybridized carbons (Fsp3) is 0.951. The highest BCUT2D eigenvalue weighted by molar-refractivity contribution is 5.76. The van der Waals surface area contributed by atoms with Crippen molar-refractivity contribution in [2.75, 3.05) is 6.61 Å². The molecule has 0 radical (unpaired) electrons. The molecule has 5 nitrogen and oxygen atoms in total. The average molecular weight is 933 g/mol. The van der Waals surface area contributed by atoms with Crippen molar-refractivity contribution in [1.29, 1.82) is 0 Å². The molecule has 394 valence electrons. The van der Waals surface area contributed by atoms with Gasteiger partial charge in [0.2, 0.25) is 5.91 Å². The largest absolute Gasteiger partial charge is 0.394 e. The molecule has 3 unspecified atom stereocenters. The summed E-state index contributed by atoms with van der Waals surface area (Å²) in [7, 11) is 0. The molecule has 5 heteroatoms. The van der Waals surface area contributed by atoms with Crippen LogP contribution in [-0.4, -0.2) is 46.1 Å². The van der Waals surface area contributed by atoms with Gasteiger partial charge in [0.05, 0.1) is 31.3 Å². The van der Waals surface area contributed by atoms with Crippen molar-refractivity contribution in [3.63, 3.8) is 0 Å². The maximum absolute atomic E-state index is 12.5. The summed E-state index contributed by atoms with van der Waals surface area (Å²) in [5.74, 6) is -0.308. The molecule has 0 saturated heterocycles. The molecule has 0 aliphatic rings. The minimum atomic E-state index is -0.925. The number of carbonyl (C=O) groups excluding carboxylic acids is 1. The lowest BCUT2D eigenvalue weighted by atomic mass is 10.0. The predicted molar refractivity (Wildman–Crippen MR) is 292 cm³/mol. The maximum atomic E-state index is 12.5. The van der Waals surface area contributed by atoms with Gasteiger partial charge in [0.25, 0.3) is 0 Å². The second kappa shape index (κ2) is 56.7. The molecule has 1 amide bonds. The molecule has 0 saturated carbocycles. The molecular formula is C61H121NO4. The summed E-state index contributed by atoms with van der Waals surface area (Å²) in [5.41, 5.74) is 0. The Balaban J connectivity index is 3.44. The number of rotatable bonds is 57. The molecule has 0 aromatic rings. The van der Waals surface area contributed by atoms with Crippen LogP contribution in [0.15, 0.2) is 12.2 Å². The topological polar surface area (TPSA) is 89.8 Å². The average Bonchev–Trinajstić information content (AvgIpc) is 3.31. The maximum Gasteiger partial charge on any atom is 0.222 e. The summed E-state index contributed by atoms with van der Waals surface area (Å²) >= 11 is 0. The van der Waals surface area contributed by atoms with E-state index in [-0.39, 0.29) is 18.9 Å². The molecule has 0 spiro atoms. The van der Waals surface area contributed by atoms with Crippen LogP contribution in [0.1, 0.15) is 348 Å². The Hall–Kier alpha value is -0.910. The predicted octanol–water partition coefficient (Wildman–Crippen LogP) is 19.1. The van der Waals surface area contributed by atoms with E-state index >= 15 is 0 Å². The molecule has 0 aromatic carbocycles. The Kier molecular flexibility index (Phi) is 55.9. The van der Waals surface area contributed by atoms with Gasteiger partial charge in [0.15, 0.2) is 0 Å². The van der Waals surface area contributed by atoms with Gasteiger partial charge in [-0.1, -0.05) is 334 Å². The van der Waals surface area contributed by atoms with Crippen LogP contribution in [0.25, 0.3) is 0 Å². The van der Waals surface area contributed by atoms with Crippen LogP contribution in [0.4, 0.5) is 0 Å². The van der Waals surface area contributed by atoms with E-state index in [0.29, 0.717) is 6.42 Å². The minimum absolute atomic E-state index is 0.0195. The zero-order valence-electron chi connectivity index (χ0n) is 45.1. The van der Waals surface area contributed by atoms with Gasteiger partial charge in [-0.15, -0.1) is 0 Å². The van der Waals surface area contributed by atoms with E-state index in [2.05, 4.69) is 19.2 Å². The van der Waals surface area contributed by atoms with Crippen molar-refractivity contribution in [2.45, 2.75) is 366 Å². The van der Waals surface area contributed by atoms with Crippen molar-refractivity contribution in [1.82, 2.24) is 5.32 Å². The first-order valence-corrected chi connectivity index (χ1v) is 30.5. The van der Waals surface area contributed by atoms with Crippen molar-refractivity contribution >= 4 is 5.91 Å². The molecule has 0 fully saturated rings. The Bertz CT molecular complexity index is 940. The highest BCUT2D eigenvalue weighted by atomic mass is 16.3. The van der Waals surface area contributed by atoms with Gasteiger partial charge in [0, 0.05) is 0 Å². The molecule has 66 heavy (non-hydrogen) atoms. The second-order valence-electron chi connectivity index (χ2n) is 21.3. The highest BCUT2D eigenvalue weighted by Crippen LogP contribution is 2.19. The highest BCUT2D eigenvalue weighted by Gasteiger charge is 2.20. The van der Waals surface area contributed by atoms with Crippen molar-refractivity contribution in [2.24, 2.45) is 0 Å². The lowest BCUT2D eigenvalue weighted by Crippen LogP contribution is -2.45. The number of amides is 1. The molecule has 4 N–H and O–H groups in total. The SMILES string of the molecule is CCCCCCCCCCCCCCCC/C=C/C(O)C(CO)NC(=O)CC(O)CCCCCCCCCCCCCCCCCCCCCCCCCCCCCCCCCCCCC. The molecule has 0 aromatic heterocycles. The fourth-order valence-corrected chi connectivity index (χ4v) is 9.93. The van der Waals surface area contributed by atoms with E-state index in [0.717, 1.165) is 25.7 Å². The number of hydrogen-bond donors (Lipinski definition) is 4. The molecular weight excluding hydrogens is 811 g/mol.